The third kappa shape index (κ3) is 5.08. The van der Waals surface area contributed by atoms with Gasteiger partial charge in [-0.1, -0.05) is 35.0 Å². The van der Waals surface area contributed by atoms with Gasteiger partial charge in [0.1, 0.15) is 5.76 Å². The summed E-state index contributed by atoms with van der Waals surface area (Å²) in [5.41, 5.74) is 2.91. The summed E-state index contributed by atoms with van der Waals surface area (Å²) >= 11 is 6.07. The molecule has 2 rings (SSSR count). The van der Waals surface area contributed by atoms with Gasteiger partial charge in [-0.15, -0.1) is 0 Å². The van der Waals surface area contributed by atoms with Crippen molar-refractivity contribution in [3.8, 4) is 0 Å². The van der Waals surface area contributed by atoms with Crippen LogP contribution in [0.25, 0.3) is 0 Å². The molecule has 0 saturated heterocycles. The molecular formula is C17H22ClN3O2. The predicted octanol–water partition coefficient (Wildman–Crippen LogP) is 3.08. The summed E-state index contributed by atoms with van der Waals surface area (Å²) in [5.74, 6) is 0.841. The molecule has 0 unspecified atom stereocenters. The number of halogens is 1. The minimum atomic E-state index is 0.00975. The minimum Gasteiger partial charge on any atom is -0.361 e. The van der Waals surface area contributed by atoms with Gasteiger partial charge in [-0.3, -0.25) is 4.79 Å². The zero-order valence-electron chi connectivity index (χ0n) is 13.7. The van der Waals surface area contributed by atoms with Crippen molar-refractivity contribution in [2.45, 2.75) is 33.4 Å². The maximum absolute atomic E-state index is 12.0. The number of benzene rings is 1. The highest BCUT2D eigenvalue weighted by Gasteiger charge is 2.12. The van der Waals surface area contributed by atoms with Crippen LogP contribution >= 0.6 is 11.6 Å². The Morgan fingerprint density at radius 1 is 1.35 bits per heavy atom. The smallest absolute Gasteiger partial charge is 0.221 e. The normalized spacial score (nSPS) is 11.0. The van der Waals surface area contributed by atoms with Crippen LogP contribution in [0.2, 0.25) is 5.02 Å². The van der Waals surface area contributed by atoms with Gasteiger partial charge < -0.3 is 14.7 Å². The van der Waals surface area contributed by atoms with E-state index in [0.717, 1.165) is 29.1 Å². The van der Waals surface area contributed by atoms with Crippen molar-refractivity contribution in [2.75, 3.05) is 13.6 Å². The van der Waals surface area contributed by atoms with Crippen LogP contribution in [0.5, 0.6) is 0 Å². The summed E-state index contributed by atoms with van der Waals surface area (Å²) < 4.78 is 5.15. The van der Waals surface area contributed by atoms with Crippen molar-refractivity contribution in [3.05, 3.63) is 51.9 Å². The Morgan fingerprint density at radius 3 is 2.74 bits per heavy atom. The lowest BCUT2D eigenvalue weighted by Gasteiger charge is -2.16. The van der Waals surface area contributed by atoms with Gasteiger partial charge in [-0.05, 0) is 32.5 Å². The van der Waals surface area contributed by atoms with E-state index >= 15 is 0 Å². The molecule has 6 heteroatoms. The average Bonchev–Trinajstić information content (AvgIpc) is 2.84. The number of carbonyl (C=O) groups is 1. The topological polar surface area (TPSA) is 58.4 Å². The van der Waals surface area contributed by atoms with Gasteiger partial charge in [-0.25, -0.2) is 0 Å². The predicted molar refractivity (Wildman–Crippen MR) is 90.2 cm³/mol. The summed E-state index contributed by atoms with van der Waals surface area (Å²) in [5, 5.41) is 7.51. The van der Waals surface area contributed by atoms with Crippen molar-refractivity contribution in [1.29, 1.82) is 0 Å². The molecule has 1 N–H and O–H groups in total. The third-order valence-corrected chi connectivity index (χ3v) is 4.13. The second-order valence-corrected chi connectivity index (χ2v) is 6.07. The molecule has 1 aromatic carbocycles. The summed E-state index contributed by atoms with van der Waals surface area (Å²) in [7, 11) is 1.98. The number of nitrogens with one attached hydrogen (secondary N) is 1. The van der Waals surface area contributed by atoms with Crippen LogP contribution < -0.4 is 5.32 Å². The van der Waals surface area contributed by atoms with E-state index in [1.54, 1.807) is 0 Å². The molecule has 0 fully saturated rings. The SMILES string of the molecule is Cc1noc(C)c1CN(C)CCC(=O)NCc1ccccc1Cl. The van der Waals surface area contributed by atoms with Crippen LogP contribution in [-0.4, -0.2) is 29.6 Å². The van der Waals surface area contributed by atoms with Crippen LogP contribution in [0.15, 0.2) is 28.8 Å². The van der Waals surface area contributed by atoms with Gasteiger partial charge in [0.2, 0.25) is 5.91 Å². The van der Waals surface area contributed by atoms with Crippen LogP contribution in [0.3, 0.4) is 0 Å². The molecule has 0 aliphatic carbocycles. The van der Waals surface area contributed by atoms with E-state index in [9.17, 15) is 4.79 Å². The Labute approximate surface area is 141 Å². The number of rotatable bonds is 7. The molecule has 0 aliphatic heterocycles. The van der Waals surface area contributed by atoms with Crippen molar-refractivity contribution >= 4 is 17.5 Å². The highest BCUT2D eigenvalue weighted by molar-refractivity contribution is 6.31. The largest absolute Gasteiger partial charge is 0.361 e. The quantitative estimate of drug-likeness (QED) is 0.844. The lowest BCUT2D eigenvalue weighted by atomic mass is 10.2. The Morgan fingerprint density at radius 2 is 2.09 bits per heavy atom. The van der Waals surface area contributed by atoms with Crippen molar-refractivity contribution in [2.24, 2.45) is 0 Å². The van der Waals surface area contributed by atoms with Crippen LogP contribution in [-0.2, 0) is 17.9 Å². The molecule has 0 spiro atoms. The van der Waals surface area contributed by atoms with Gasteiger partial charge in [0.25, 0.3) is 0 Å². The molecule has 23 heavy (non-hydrogen) atoms. The molecule has 0 atom stereocenters. The summed E-state index contributed by atoms with van der Waals surface area (Å²) in [6.07, 6.45) is 0.435. The first kappa shape index (κ1) is 17.5. The summed E-state index contributed by atoms with van der Waals surface area (Å²) in [4.78, 5) is 14.0. The minimum absolute atomic E-state index is 0.00975. The fourth-order valence-corrected chi connectivity index (χ4v) is 2.50. The lowest BCUT2D eigenvalue weighted by molar-refractivity contribution is -0.121. The van der Waals surface area contributed by atoms with E-state index < -0.39 is 0 Å². The lowest BCUT2D eigenvalue weighted by Crippen LogP contribution is -2.28. The van der Waals surface area contributed by atoms with Crippen LogP contribution in [0.1, 0.15) is 29.0 Å². The number of aromatic nitrogens is 1. The second-order valence-electron chi connectivity index (χ2n) is 5.66. The third-order valence-electron chi connectivity index (χ3n) is 3.76. The molecule has 1 heterocycles. The van der Waals surface area contributed by atoms with Crippen LogP contribution in [0.4, 0.5) is 0 Å². The maximum Gasteiger partial charge on any atom is 0.221 e. The molecule has 2 aromatic rings. The first-order valence-electron chi connectivity index (χ1n) is 7.57. The maximum atomic E-state index is 12.0. The van der Waals surface area contributed by atoms with E-state index in [2.05, 4.69) is 15.4 Å². The van der Waals surface area contributed by atoms with E-state index in [-0.39, 0.29) is 5.91 Å². The Bertz CT molecular complexity index is 650. The summed E-state index contributed by atoms with van der Waals surface area (Å²) in [6.45, 7) is 5.67. The Balaban J connectivity index is 1.75. The fourth-order valence-electron chi connectivity index (χ4n) is 2.29. The van der Waals surface area contributed by atoms with Crippen molar-refractivity contribution in [3.63, 3.8) is 0 Å². The van der Waals surface area contributed by atoms with Gasteiger partial charge in [0.05, 0.1) is 5.69 Å². The Kier molecular flexibility index (Phi) is 6.19. The number of carbonyl (C=O) groups excluding carboxylic acids is 1. The monoisotopic (exact) mass is 335 g/mol. The fraction of sp³-hybridized carbons (Fsp3) is 0.412. The zero-order valence-corrected chi connectivity index (χ0v) is 14.5. The van der Waals surface area contributed by atoms with E-state index in [0.29, 0.717) is 24.5 Å². The second kappa shape index (κ2) is 8.13. The number of hydrogen-bond acceptors (Lipinski definition) is 4. The molecule has 0 aliphatic rings. The van der Waals surface area contributed by atoms with E-state index in [1.807, 2.05) is 45.2 Å². The number of hydrogen-bond donors (Lipinski definition) is 1. The van der Waals surface area contributed by atoms with Crippen molar-refractivity contribution in [1.82, 2.24) is 15.4 Å². The number of amides is 1. The standard InChI is InChI=1S/C17H22ClN3O2/c1-12-15(13(2)23-20-12)11-21(3)9-8-17(22)19-10-14-6-4-5-7-16(14)18/h4-7H,8-11H2,1-3H3,(H,19,22). The molecule has 1 amide bonds. The van der Waals surface area contributed by atoms with Crippen LogP contribution in [0, 0.1) is 13.8 Å². The zero-order chi connectivity index (χ0) is 16.8. The molecule has 124 valence electrons. The van der Waals surface area contributed by atoms with Gasteiger partial charge in [0, 0.05) is 36.6 Å². The van der Waals surface area contributed by atoms with E-state index in [1.165, 1.54) is 0 Å². The number of nitrogens with zero attached hydrogens (tertiary/aromatic N) is 2. The molecule has 5 nitrogen and oxygen atoms in total. The Hall–Kier alpha value is -1.85. The van der Waals surface area contributed by atoms with Gasteiger partial charge >= 0.3 is 0 Å². The molecule has 0 saturated carbocycles. The van der Waals surface area contributed by atoms with Crippen molar-refractivity contribution < 1.29 is 9.32 Å². The average molecular weight is 336 g/mol. The highest BCUT2D eigenvalue weighted by atomic mass is 35.5. The number of aryl methyl sites for hydroxylation is 2. The summed E-state index contributed by atoms with van der Waals surface area (Å²) in [6, 6.07) is 7.51. The molecule has 0 bridgehead atoms. The molecule has 0 radical (unpaired) electrons. The molecule has 1 aromatic heterocycles. The first-order chi connectivity index (χ1) is 11.0. The van der Waals surface area contributed by atoms with Gasteiger partial charge in [0.15, 0.2) is 0 Å². The van der Waals surface area contributed by atoms with Gasteiger partial charge in [-0.2, -0.15) is 0 Å². The first-order valence-corrected chi connectivity index (χ1v) is 7.95. The van der Waals surface area contributed by atoms with E-state index in [4.69, 9.17) is 16.1 Å². The highest BCUT2D eigenvalue weighted by Crippen LogP contribution is 2.15. The molecular weight excluding hydrogens is 314 g/mol.